The van der Waals surface area contributed by atoms with Crippen LogP contribution in [0, 0.1) is 5.41 Å². The van der Waals surface area contributed by atoms with Gasteiger partial charge in [-0.3, -0.25) is 9.59 Å². The Morgan fingerprint density at radius 3 is 2.61 bits per heavy atom. The summed E-state index contributed by atoms with van der Waals surface area (Å²) in [4.78, 5) is 33.9. The maximum atomic E-state index is 13.5. The highest BCUT2D eigenvalue weighted by atomic mass is 16.4. The van der Waals surface area contributed by atoms with Crippen LogP contribution in [0.1, 0.15) is 35.2 Å². The lowest BCUT2D eigenvalue weighted by atomic mass is 9.70. The molecule has 2 aliphatic heterocycles. The molecule has 2 saturated heterocycles. The SMILES string of the molecule is CN(C)c1ncccc1C(=O)N1[C@H]2CC[C@@H]1[C@](Cc1ccccc1)(C(=O)O)C2. The minimum Gasteiger partial charge on any atom is -0.481 e. The number of anilines is 1. The zero-order valence-corrected chi connectivity index (χ0v) is 16.2. The van der Waals surface area contributed by atoms with E-state index in [2.05, 4.69) is 4.98 Å². The van der Waals surface area contributed by atoms with E-state index in [1.807, 2.05) is 54.2 Å². The lowest BCUT2D eigenvalue weighted by molar-refractivity contribution is -0.150. The zero-order chi connectivity index (χ0) is 19.9. The summed E-state index contributed by atoms with van der Waals surface area (Å²) in [6.07, 6.45) is 4.21. The largest absolute Gasteiger partial charge is 0.481 e. The van der Waals surface area contributed by atoms with Crippen molar-refractivity contribution < 1.29 is 14.7 Å². The summed E-state index contributed by atoms with van der Waals surface area (Å²) >= 11 is 0. The fourth-order valence-electron chi connectivity index (χ4n) is 5.00. The number of nitrogens with zero attached hydrogens (tertiary/aromatic N) is 3. The number of rotatable bonds is 5. The number of carbonyl (C=O) groups excluding carboxylic acids is 1. The molecule has 0 saturated carbocycles. The Balaban J connectivity index is 1.69. The van der Waals surface area contributed by atoms with Gasteiger partial charge in [0.05, 0.1) is 11.0 Å². The number of aromatic nitrogens is 1. The molecule has 3 heterocycles. The first kappa shape index (κ1) is 18.5. The van der Waals surface area contributed by atoms with Crippen LogP contribution in [0.15, 0.2) is 48.7 Å². The molecule has 1 aromatic heterocycles. The number of carboxylic acid groups (broad SMARTS) is 1. The highest BCUT2D eigenvalue weighted by Crippen LogP contribution is 2.52. The van der Waals surface area contributed by atoms with Gasteiger partial charge >= 0.3 is 5.97 Å². The molecular weight excluding hydrogens is 354 g/mol. The summed E-state index contributed by atoms with van der Waals surface area (Å²) in [5, 5.41) is 10.2. The molecule has 0 aliphatic carbocycles. The first-order valence-corrected chi connectivity index (χ1v) is 9.66. The normalized spacial score (nSPS) is 25.7. The topological polar surface area (TPSA) is 73.7 Å². The van der Waals surface area contributed by atoms with Crippen molar-refractivity contribution in [2.75, 3.05) is 19.0 Å². The van der Waals surface area contributed by atoms with Crippen LogP contribution in [0.2, 0.25) is 0 Å². The van der Waals surface area contributed by atoms with Crippen molar-refractivity contribution >= 4 is 17.7 Å². The van der Waals surface area contributed by atoms with Crippen LogP contribution in [-0.4, -0.2) is 53.0 Å². The van der Waals surface area contributed by atoms with Crippen molar-refractivity contribution in [2.45, 2.75) is 37.8 Å². The average molecular weight is 379 g/mol. The minimum atomic E-state index is -0.930. The molecule has 2 fully saturated rings. The maximum Gasteiger partial charge on any atom is 0.312 e. The van der Waals surface area contributed by atoms with Crippen LogP contribution < -0.4 is 4.90 Å². The average Bonchev–Trinajstić information content (AvgIpc) is 3.24. The number of amides is 1. The number of aliphatic carboxylic acids is 1. The number of hydrogen-bond acceptors (Lipinski definition) is 4. The van der Waals surface area contributed by atoms with Crippen molar-refractivity contribution in [2.24, 2.45) is 5.41 Å². The molecule has 0 spiro atoms. The van der Waals surface area contributed by atoms with E-state index in [-0.39, 0.29) is 18.0 Å². The molecule has 2 aromatic rings. The number of fused-ring (bicyclic) bond motifs is 2. The van der Waals surface area contributed by atoms with E-state index >= 15 is 0 Å². The van der Waals surface area contributed by atoms with Gasteiger partial charge in [-0.15, -0.1) is 0 Å². The van der Waals surface area contributed by atoms with Gasteiger partial charge in [0.25, 0.3) is 5.91 Å². The first-order valence-electron chi connectivity index (χ1n) is 9.66. The summed E-state index contributed by atoms with van der Waals surface area (Å²) in [6.45, 7) is 0. The minimum absolute atomic E-state index is 0.0347. The standard InChI is InChI=1S/C22H25N3O3/c1-24(2)19-17(9-6-12-23-19)20(26)25-16-10-11-18(25)22(14-16,21(27)28)13-15-7-4-3-5-8-15/h3-9,12,16,18H,10-11,13-14H2,1-2H3,(H,27,28)/t16-,18+,22+/m0/s1. The monoisotopic (exact) mass is 379 g/mol. The number of carbonyl (C=O) groups is 2. The molecule has 2 bridgehead atoms. The third-order valence-corrected chi connectivity index (χ3v) is 6.20. The van der Waals surface area contributed by atoms with E-state index in [1.54, 1.807) is 18.3 Å². The van der Waals surface area contributed by atoms with Crippen LogP contribution in [0.5, 0.6) is 0 Å². The first-order chi connectivity index (χ1) is 13.4. The van der Waals surface area contributed by atoms with E-state index in [9.17, 15) is 14.7 Å². The highest BCUT2D eigenvalue weighted by molar-refractivity contribution is 6.00. The molecule has 2 aliphatic rings. The predicted octanol–water partition coefficient (Wildman–Crippen LogP) is 2.84. The lowest BCUT2D eigenvalue weighted by Gasteiger charge is -2.34. The summed E-state index contributed by atoms with van der Waals surface area (Å²) in [5.74, 6) is -0.302. The van der Waals surface area contributed by atoms with E-state index < -0.39 is 11.4 Å². The summed E-state index contributed by atoms with van der Waals surface area (Å²) in [6, 6.07) is 12.9. The second-order valence-electron chi connectivity index (χ2n) is 8.06. The van der Waals surface area contributed by atoms with Crippen LogP contribution in [-0.2, 0) is 11.2 Å². The highest BCUT2D eigenvalue weighted by Gasteiger charge is 2.61. The molecule has 3 atom stereocenters. The molecule has 1 N–H and O–H groups in total. The van der Waals surface area contributed by atoms with Crippen LogP contribution >= 0.6 is 0 Å². The second-order valence-corrected chi connectivity index (χ2v) is 8.06. The Morgan fingerprint density at radius 1 is 1.18 bits per heavy atom. The Labute approximate surface area is 164 Å². The molecule has 6 heteroatoms. The van der Waals surface area contributed by atoms with Gasteiger partial charge in [-0.25, -0.2) is 4.98 Å². The third kappa shape index (κ3) is 2.84. The Hall–Kier alpha value is -2.89. The fourth-order valence-corrected chi connectivity index (χ4v) is 5.00. The van der Waals surface area contributed by atoms with Crippen LogP contribution in [0.4, 0.5) is 5.82 Å². The summed E-state index contributed by atoms with van der Waals surface area (Å²) < 4.78 is 0. The molecule has 0 unspecified atom stereocenters. The molecule has 1 amide bonds. The smallest absolute Gasteiger partial charge is 0.312 e. The Morgan fingerprint density at radius 2 is 1.93 bits per heavy atom. The van der Waals surface area contributed by atoms with Gasteiger partial charge in [0, 0.05) is 32.4 Å². The molecule has 1 aromatic carbocycles. The summed E-state index contributed by atoms with van der Waals surface area (Å²) in [7, 11) is 3.71. The van der Waals surface area contributed by atoms with Crippen molar-refractivity contribution in [1.82, 2.24) is 9.88 Å². The van der Waals surface area contributed by atoms with Crippen LogP contribution in [0.3, 0.4) is 0 Å². The van der Waals surface area contributed by atoms with Gasteiger partial charge in [-0.1, -0.05) is 30.3 Å². The van der Waals surface area contributed by atoms with Crippen molar-refractivity contribution in [3.63, 3.8) is 0 Å². The van der Waals surface area contributed by atoms with E-state index in [4.69, 9.17) is 0 Å². The van der Waals surface area contributed by atoms with Crippen LogP contribution in [0.25, 0.3) is 0 Å². The molecule has 4 rings (SSSR count). The Bertz CT molecular complexity index is 899. The number of benzene rings is 1. The maximum absolute atomic E-state index is 13.5. The van der Waals surface area contributed by atoms with E-state index in [0.29, 0.717) is 24.2 Å². The van der Waals surface area contributed by atoms with Gasteiger partial charge in [-0.05, 0) is 43.4 Å². The number of carboxylic acids is 1. The molecule has 146 valence electrons. The van der Waals surface area contributed by atoms with Crippen molar-refractivity contribution in [1.29, 1.82) is 0 Å². The van der Waals surface area contributed by atoms with Gasteiger partial charge in [-0.2, -0.15) is 0 Å². The molecule has 6 nitrogen and oxygen atoms in total. The van der Waals surface area contributed by atoms with E-state index in [1.165, 1.54) is 0 Å². The van der Waals surface area contributed by atoms with Gasteiger partial charge in [0.15, 0.2) is 0 Å². The van der Waals surface area contributed by atoms with Gasteiger partial charge < -0.3 is 14.9 Å². The number of hydrogen-bond donors (Lipinski definition) is 1. The molecular formula is C22H25N3O3. The van der Waals surface area contributed by atoms with Gasteiger partial charge in [0.2, 0.25) is 0 Å². The van der Waals surface area contributed by atoms with Crippen molar-refractivity contribution in [3.05, 3.63) is 59.8 Å². The quantitative estimate of drug-likeness (QED) is 0.865. The molecule has 0 radical (unpaired) electrons. The lowest BCUT2D eigenvalue weighted by Crippen LogP contribution is -2.46. The predicted molar refractivity (Wildman–Crippen MR) is 106 cm³/mol. The summed E-state index contributed by atoms with van der Waals surface area (Å²) in [5.41, 5.74) is 0.603. The Kier molecular flexibility index (Phi) is 4.57. The second kappa shape index (κ2) is 6.93. The molecule has 28 heavy (non-hydrogen) atoms. The fraction of sp³-hybridized carbons (Fsp3) is 0.409. The number of pyridine rings is 1. The third-order valence-electron chi connectivity index (χ3n) is 6.20. The zero-order valence-electron chi connectivity index (χ0n) is 16.2. The van der Waals surface area contributed by atoms with E-state index in [0.717, 1.165) is 18.4 Å². The van der Waals surface area contributed by atoms with Crippen molar-refractivity contribution in [3.8, 4) is 0 Å². The van der Waals surface area contributed by atoms with Gasteiger partial charge in [0.1, 0.15) is 5.82 Å².